The summed E-state index contributed by atoms with van der Waals surface area (Å²) in [5.74, 6) is 1.58. The topological polar surface area (TPSA) is 56.7 Å². The van der Waals surface area contributed by atoms with Gasteiger partial charge in [-0.1, -0.05) is 65.8 Å². The van der Waals surface area contributed by atoms with E-state index in [0.717, 1.165) is 27.9 Å². The van der Waals surface area contributed by atoms with Gasteiger partial charge in [0.15, 0.2) is 11.0 Å². The second-order valence-corrected chi connectivity index (χ2v) is 8.68. The van der Waals surface area contributed by atoms with Crippen LogP contribution in [0.25, 0.3) is 11.4 Å². The highest BCUT2D eigenvalue weighted by molar-refractivity contribution is 7.99. The average Bonchev–Trinajstić information content (AvgIpc) is 3.50. The fourth-order valence-electron chi connectivity index (χ4n) is 3.48. The maximum atomic E-state index is 6.15. The lowest BCUT2D eigenvalue weighted by atomic mass is 10.0. The van der Waals surface area contributed by atoms with E-state index in [-0.39, 0.29) is 5.25 Å². The monoisotopic (exact) mass is 458 g/mol. The molecule has 1 atom stereocenters. The van der Waals surface area contributed by atoms with Gasteiger partial charge in [0.1, 0.15) is 5.76 Å². The Hall–Kier alpha value is -3.35. The number of pyridine rings is 1. The van der Waals surface area contributed by atoms with Gasteiger partial charge in [0, 0.05) is 23.0 Å². The molecule has 5 aromatic rings. The Bertz CT molecular complexity index is 1270. The van der Waals surface area contributed by atoms with Crippen LogP contribution in [-0.4, -0.2) is 19.7 Å². The van der Waals surface area contributed by atoms with Gasteiger partial charge in [0.25, 0.3) is 0 Å². The molecule has 0 amide bonds. The van der Waals surface area contributed by atoms with E-state index in [1.54, 1.807) is 30.4 Å². The molecule has 0 aliphatic rings. The zero-order valence-corrected chi connectivity index (χ0v) is 18.6. The van der Waals surface area contributed by atoms with E-state index in [1.807, 2.05) is 54.6 Å². The minimum absolute atomic E-state index is 0.0229. The number of rotatable bonds is 7. The molecule has 0 radical (unpaired) electrons. The zero-order chi connectivity index (χ0) is 21.8. The van der Waals surface area contributed by atoms with Crippen molar-refractivity contribution in [3.05, 3.63) is 119 Å². The molecule has 0 aliphatic heterocycles. The first-order valence-electron chi connectivity index (χ1n) is 10.1. The number of hydrogen-bond acceptors (Lipinski definition) is 5. The van der Waals surface area contributed by atoms with Crippen LogP contribution in [-0.2, 0) is 6.54 Å². The number of thioether (sulfide) groups is 1. The van der Waals surface area contributed by atoms with E-state index in [1.165, 1.54) is 5.56 Å². The minimum atomic E-state index is 0.0229. The molecule has 3 aromatic heterocycles. The van der Waals surface area contributed by atoms with Gasteiger partial charge in [-0.25, -0.2) is 0 Å². The SMILES string of the molecule is Clc1ccc([C@@H](Sc2nnc(-c3cccnc3)n2Cc2ccco2)c2ccccc2)cc1. The predicted molar refractivity (Wildman–Crippen MR) is 127 cm³/mol. The zero-order valence-electron chi connectivity index (χ0n) is 17.0. The van der Waals surface area contributed by atoms with Crippen LogP contribution in [0.4, 0.5) is 0 Å². The summed E-state index contributed by atoms with van der Waals surface area (Å²) in [4.78, 5) is 4.25. The molecule has 5 nitrogen and oxygen atoms in total. The normalized spacial score (nSPS) is 12.0. The summed E-state index contributed by atoms with van der Waals surface area (Å²) in [6.45, 7) is 0.523. The van der Waals surface area contributed by atoms with Crippen molar-refractivity contribution >= 4 is 23.4 Å². The minimum Gasteiger partial charge on any atom is -0.467 e. The van der Waals surface area contributed by atoms with E-state index in [9.17, 15) is 0 Å². The van der Waals surface area contributed by atoms with E-state index >= 15 is 0 Å². The van der Waals surface area contributed by atoms with E-state index in [4.69, 9.17) is 16.0 Å². The van der Waals surface area contributed by atoms with E-state index in [0.29, 0.717) is 11.6 Å². The van der Waals surface area contributed by atoms with Gasteiger partial charge in [0.2, 0.25) is 0 Å². The first-order valence-corrected chi connectivity index (χ1v) is 11.4. The molecule has 3 heterocycles. The van der Waals surface area contributed by atoms with Crippen LogP contribution in [0.3, 0.4) is 0 Å². The van der Waals surface area contributed by atoms with Crippen LogP contribution < -0.4 is 0 Å². The van der Waals surface area contributed by atoms with Crippen LogP contribution in [0, 0.1) is 0 Å². The summed E-state index contributed by atoms with van der Waals surface area (Å²) in [6, 6.07) is 26.0. The van der Waals surface area contributed by atoms with E-state index < -0.39 is 0 Å². The summed E-state index contributed by atoms with van der Waals surface area (Å²) in [5.41, 5.74) is 3.22. The second kappa shape index (κ2) is 9.42. The molecule has 32 heavy (non-hydrogen) atoms. The Morgan fingerprint density at radius 3 is 2.41 bits per heavy atom. The smallest absolute Gasteiger partial charge is 0.192 e. The molecule has 0 spiro atoms. The molecule has 0 saturated heterocycles. The van der Waals surface area contributed by atoms with Gasteiger partial charge in [0.05, 0.1) is 18.1 Å². The summed E-state index contributed by atoms with van der Waals surface area (Å²) in [7, 11) is 0. The fraction of sp³-hybridized carbons (Fsp3) is 0.0800. The average molecular weight is 459 g/mol. The summed E-state index contributed by atoms with van der Waals surface area (Å²) < 4.78 is 7.70. The van der Waals surface area contributed by atoms with Crippen LogP contribution in [0.1, 0.15) is 22.1 Å². The van der Waals surface area contributed by atoms with Gasteiger partial charge in [-0.05, 0) is 47.5 Å². The first-order chi connectivity index (χ1) is 15.8. The highest BCUT2D eigenvalue weighted by Gasteiger charge is 2.22. The van der Waals surface area contributed by atoms with E-state index in [2.05, 4.69) is 44.0 Å². The lowest BCUT2D eigenvalue weighted by Gasteiger charge is -2.18. The Balaban J connectivity index is 1.57. The molecule has 0 aliphatic carbocycles. The molecule has 0 saturated carbocycles. The van der Waals surface area contributed by atoms with Crippen LogP contribution >= 0.6 is 23.4 Å². The quantitative estimate of drug-likeness (QED) is 0.260. The number of benzene rings is 2. The summed E-state index contributed by atoms with van der Waals surface area (Å²) in [6.07, 6.45) is 5.22. The summed E-state index contributed by atoms with van der Waals surface area (Å²) in [5, 5.41) is 10.6. The third kappa shape index (κ3) is 4.47. The van der Waals surface area contributed by atoms with Crippen LogP contribution in [0.15, 0.2) is 107 Å². The predicted octanol–water partition coefficient (Wildman–Crippen LogP) is 6.52. The molecular formula is C25H19ClN4OS. The molecule has 0 unspecified atom stereocenters. The molecule has 0 fully saturated rings. The van der Waals surface area contributed by atoms with Gasteiger partial charge in [-0.3, -0.25) is 9.55 Å². The van der Waals surface area contributed by atoms with Gasteiger partial charge in [-0.15, -0.1) is 10.2 Å². The Labute approximate surface area is 195 Å². The fourth-order valence-corrected chi connectivity index (χ4v) is 4.77. The van der Waals surface area contributed by atoms with Crippen LogP contribution in [0.5, 0.6) is 0 Å². The Morgan fingerprint density at radius 2 is 1.69 bits per heavy atom. The standard InChI is InChI=1S/C25H19ClN4OS/c26-21-12-10-19(11-13-21)23(18-6-2-1-3-7-18)32-25-29-28-24(20-8-4-14-27-16-20)30(25)17-22-9-5-15-31-22/h1-16,23H,17H2/t23-/m0/s1. The Kier molecular flexibility index (Phi) is 6.05. The maximum Gasteiger partial charge on any atom is 0.192 e. The van der Waals surface area contributed by atoms with Gasteiger partial charge >= 0.3 is 0 Å². The van der Waals surface area contributed by atoms with Gasteiger partial charge < -0.3 is 4.42 Å². The van der Waals surface area contributed by atoms with Crippen molar-refractivity contribution in [2.75, 3.05) is 0 Å². The number of nitrogens with zero attached hydrogens (tertiary/aromatic N) is 4. The first kappa shape index (κ1) is 20.5. The lowest BCUT2D eigenvalue weighted by Crippen LogP contribution is -2.05. The molecule has 0 N–H and O–H groups in total. The summed E-state index contributed by atoms with van der Waals surface area (Å²) >= 11 is 7.80. The molecular weight excluding hydrogens is 440 g/mol. The van der Waals surface area contributed by atoms with Crippen molar-refractivity contribution in [2.24, 2.45) is 0 Å². The second-order valence-electron chi connectivity index (χ2n) is 7.17. The third-order valence-electron chi connectivity index (χ3n) is 5.03. The molecule has 7 heteroatoms. The molecule has 158 valence electrons. The number of hydrogen-bond donors (Lipinski definition) is 0. The van der Waals surface area contributed by atoms with Crippen molar-refractivity contribution in [1.82, 2.24) is 19.7 Å². The van der Waals surface area contributed by atoms with Crippen molar-refractivity contribution in [3.63, 3.8) is 0 Å². The maximum absolute atomic E-state index is 6.15. The number of aromatic nitrogens is 4. The van der Waals surface area contributed by atoms with Crippen molar-refractivity contribution in [2.45, 2.75) is 17.0 Å². The van der Waals surface area contributed by atoms with Crippen molar-refractivity contribution in [1.29, 1.82) is 0 Å². The van der Waals surface area contributed by atoms with Gasteiger partial charge in [-0.2, -0.15) is 0 Å². The molecule has 2 aromatic carbocycles. The number of halogens is 1. The van der Waals surface area contributed by atoms with Crippen molar-refractivity contribution in [3.8, 4) is 11.4 Å². The van der Waals surface area contributed by atoms with Crippen LogP contribution in [0.2, 0.25) is 5.02 Å². The number of furan rings is 1. The lowest BCUT2D eigenvalue weighted by molar-refractivity contribution is 0.485. The highest BCUT2D eigenvalue weighted by Crippen LogP contribution is 2.41. The van der Waals surface area contributed by atoms with Crippen molar-refractivity contribution < 1.29 is 4.42 Å². The Morgan fingerprint density at radius 1 is 0.875 bits per heavy atom. The molecule has 0 bridgehead atoms. The third-order valence-corrected chi connectivity index (χ3v) is 6.57. The highest BCUT2D eigenvalue weighted by atomic mass is 35.5. The largest absolute Gasteiger partial charge is 0.467 e. The molecule has 5 rings (SSSR count).